The van der Waals surface area contributed by atoms with Gasteiger partial charge < -0.3 is 10.0 Å². The van der Waals surface area contributed by atoms with Crippen LogP contribution in [0.3, 0.4) is 0 Å². The lowest BCUT2D eigenvalue weighted by molar-refractivity contribution is 0.00831. The Balaban J connectivity index is 1.19. The molecule has 0 amide bonds. The molecule has 3 heterocycles. The van der Waals surface area contributed by atoms with Crippen LogP contribution < -0.4 is 4.90 Å². The zero-order valence-electron chi connectivity index (χ0n) is 15.8. The average molecular weight is 391 g/mol. The first-order valence-corrected chi connectivity index (χ1v) is 9.71. The number of fused-ring (bicyclic) bond motifs is 1. The van der Waals surface area contributed by atoms with Gasteiger partial charge in [-0.1, -0.05) is 6.07 Å². The first-order chi connectivity index (χ1) is 14.2. The molecular weight excluding hydrogens is 370 g/mol. The minimum absolute atomic E-state index is 0.639. The van der Waals surface area contributed by atoms with Gasteiger partial charge in [-0.05, 0) is 88.4 Å². The van der Waals surface area contributed by atoms with E-state index in [0.29, 0.717) is 0 Å². The van der Waals surface area contributed by atoms with E-state index in [1.165, 1.54) is 0 Å². The maximum absolute atomic E-state index is 11.0. The van der Waals surface area contributed by atoms with Crippen molar-refractivity contribution >= 4 is 16.7 Å². The number of piperidine rings is 1. The number of aromatic nitrogens is 6. The van der Waals surface area contributed by atoms with Gasteiger partial charge in [-0.2, -0.15) is 0 Å². The molecule has 4 aromatic rings. The highest BCUT2D eigenvalue weighted by atomic mass is 16.6. The molecule has 29 heavy (non-hydrogen) atoms. The molecule has 0 aliphatic carbocycles. The molecule has 0 radical (unpaired) electrons. The molecule has 1 saturated heterocycles. The van der Waals surface area contributed by atoms with E-state index in [2.05, 4.69) is 42.9 Å². The van der Waals surface area contributed by atoms with Gasteiger partial charge >= 0.3 is 0 Å². The molecule has 1 aliphatic rings. The Bertz CT molecular complexity index is 1080. The molecule has 1 fully saturated rings. The zero-order chi connectivity index (χ0) is 19.7. The predicted molar refractivity (Wildman–Crippen MR) is 106 cm³/mol. The second-order valence-corrected chi connectivity index (χ2v) is 7.57. The second kappa shape index (κ2) is 7.25. The Morgan fingerprint density at radius 2 is 1.72 bits per heavy atom. The van der Waals surface area contributed by atoms with Gasteiger partial charge in [0.15, 0.2) is 0 Å². The Kier molecular flexibility index (Phi) is 4.44. The van der Waals surface area contributed by atoms with E-state index in [9.17, 15) is 5.11 Å². The number of anilines is 1. The Labute approximate surface area is 166 Å². The minimum atomic E-state index is -0.639. The Hall–Kier alpha value is -3.33. The van der Waals surface area contributed by atoms with Crippen molar-refractivity contribution in [1.29, 1.82) is 0 Å². The standard InChI is InChI=1S/C20H21N7O2/c28-20(8-7-15-1-6-18-19(13-15)23-29-22-18)9-11-26(12-10-20)16-2-4-17(5-3-16)27-14-21-24-25-27/h1-6,13-14,28H,7-12H2. The smallest absolute Gasteiger partial charge is 0.143 e. The normalized spacial score (nSPS) is 16.4. The first-order valence-electron chi connectivity index (χ1n) is 9.71. The number of rotatable bonds is 5. The van der Waals surface area contributed by atoms with Crippen molar-refractivity contribution < 1.29 is 9.74 Å². The Morgan fingerprint density at radius 3 is 2.48 bits per heavy atom. The fourth-order valence-electron chi connectivity index (χ4n) is 3.89. The van der Waals surface area contributed by atoms with Crippen LogP contribution >= 0.6 is 0 Å². The Morgan fingerprint density at radius 1 is 0.966 bits per heavy atom. The molecular formula is C20H21N7O2. The topological polar surface area (TPSA) is 106 Å². The molecule has 5 rings (SSSR count). The van der Waals surface area contributed by atoms with Gasteiger partial charge in [-0.3, -0.25) is 0 Å². The fourth-order valence-corrected chi connectivity index (χ4v) is 3.89. The SMILES string of the molecule is OC1(CCc2ccc3nonc3c2)CCN(c2ccc(-n3cnnn3)cc2)CC1. The molecule has 1 aliphatic heterocycles. The summed E-state index contributed by atoms with van der Waals surface area (Å²) in [4.78, 5) is 2.31. The van der Waals surface area contributed by atoms with Crippen LogP contribution in [0, 0.1) is 0 Å². The van der Waals surface area contributed by atoms with Crippen LogP contribution in [-0.2, 0) is 6.42 Å². The number of nitrogens with zero attached hydrogens (tertiary/aromatic N) is 7. The summed E-state index contributed by atoms with van der Waals surface area (Å²) in [5.41, 5.74) is 4.09. The van der Waals surface area contributed by atoms with E-state index < -0.39 is 5.60 Å². The number of benzene rings is 2. The van der Waals surface area contributed by atoms with Crippen LogP contribution in [0.25, 0.3) is 16.7 Å². The number of tetrazole rings is 1. The van der Waals surface area contributed by atoms with Crippen molar-refractivity contribution in [2.45, 2.75) is 31.3 Å². The predicted octanol–water partition coefficient (Wildman–Crippen LogP) is 2.16. The quantitative estimate of drug-likeness (QED) is 0.552. The van der Waals surface area contributed by atoms with E-state index in [1.807, 2.05) is 30.3 Å². The lowest BCUT2D eigenvalue weighted by Gasteiger charge is -2.39. The molecule has 0 bridgehead atoms. The summed E-state index contributed by atoms with van der Waals surface area (Å²) < 4.78 is 6.38. The van der Waals surface area contributed by atoms with E-state index in [-0.39, 0.29) is 0 Å². The molecule has 2 aromatic heterocycles. The monoisotopic (exact) mass is 391 g/mol. The summed E-state index contributed by atoms with van der Waals surface area (Å²) in [5, 5.41) is 30.0. The van der Waals surface area contributed by atoms with Crippen LogP contribution in [0.15, 0.2) is 53.4 Å². The maximum Gasteiger partial charge on any atom is 0.143 e. The number of aryl methyl sites for hydroxylation is 1. The van der Waals surface area contributed by atoms with Crippen molar-refractivity contribution in [1.82, 2.24) is 30.5 Å². The van der Waals surface area contributed by atoms with E-state index in [4.69, 9.17) is 4.63 Å². The van der Waals surface area contributed by atoms with Gasteiger partial charge in [0.05, 0.1) is 11.3 Å². The molecule has 9 nitrogen and oxygen atoms in total. The van der Waals surface area contributed by atoms with Crippen molar-refractivity contribution in [3.63, 3.8) is 0 Å². The fraction of sp³-hybridized carbons (Fsp3) is 0.350. The zero-order valence-corrected chi connectivity index (χ0v) is 15.8. The van der Waals surface area contributed by atoms with Gasteiger partial charge in [0.25, 0.3) is 0 Å². The summed E-state index contributed by atoms with van der Waals surface area (Å²) in [5.74, 6) is 0. The number of hydrogen-bond acceptors (Lipinski definition) is 8. The molecule has 0 atom stereocenters. The lowest BCUT2D eigenvalue weighted by atomic mass is 9.85. The van der Waals surface area contributed by atoms with Crippen LogP contribution in [-0.4, -0.2) is 54.3 Å². The summed E-state index contributed by atoms with van der Waals surface area (Å²) >= 11 is 0. The van der Waals surface area contributed by atoms with Gasteiger partial charge in [-0.25, -0.2) is 9.31 Å². The number of hydrogen-bond donors (Lipinski definition) is 1. The maximum atomic E-state index is 11.0. The second-order valence-electron chi connectivity index (χ2n) is 7.57. The summed E-state index contributed by atoms with van der Waals surface area (Å²) in [6.45, 7) is 1.65. The molecule has 9 heteroatoms. The van der Waals surface area contributed by atoms with Crippen LogP contribution in [0.2, 0.25) is 0 Å². The third-order valence-corrected chi connectivity index (χ3v) is 5.72. The third kappa shape index (κ3) is 3.68. The molecule has 0 saturated carbocycles. The van der Waals surface area contributed by atoms with Crippen LogP contribution in [0.1, 0.15) is 24.8 Å². The highest BCUT2D eigenvalue weighted by Crippen LogP contribution is 2.30. The minimum Gasteiger partial charge on any atom is -0.390 e. The van der Waals surface area contributed by atoms with E-state index in [1.54, 1.807) is 11.0 Å². The molecule has 148 valence electrons. The van der Waals surface area contributed by atoms with E-state index in [0.717, 1.165) is 66.7 Å². The van der Waals surface area contributed by atoms with Gasteiger partial charge in [0, 0.05) is 18.8 Å². The average Bonchev–Trinajstić information content (AvgIpc) is 3.45. The van der Waals surface area contributed by atoms with Crippen LogP contribution in [0.4, 0.5) is 5.69 Å². The van der Waals surface area contributed by atoms with Gasteiger partial charge in [-0.15, -0.1) is 5.10 Å². The molecule has 1 N–H and O–H groups in total. The highest BCUT2D eigenvalue weighted by Gasteiger charge is 2.32. The molecule has 2 aromatic carbocycles. The first kappa shape index (κ1) is 17.7. The van der Waals surface area contributed by atoms with Gasteiger partial charge in [0.2, 0.25) is 0 Å². The van der Waals surface area contributed by atoms with Crippen molar-refractivity contribution in [3.8, 4) is 5.69 Å². The van der Waals surface area contributed by atoms with E-state index >= 15 is 0 Å². The van der Waals surface area contributed by atoms with Gasteiger partial charge in [0.1, 0.15) is 17.4 Å². The van der Waals surface area contributed by atoms with Crippen molar-refractivity contribution in [2.75, 3.05) is 18.0 Å². The summed E-state index contributed by atoms with van der Waals surface area (Å²) in [6.07, 6.45) is 4.60. The summed E-state index contributed by atoms with van der Waals surface area (Å²) in [6, 6.07) is 14.1. The molecule has 0 unspecified atom stereocenters. The summed E-state index contributed by atoms with van der Waals surface area (Å²) in [7, 11) is 0. The number of aliphatic hydroxyl groups is 1. The van der Waals surface area contributed by atoms with Crippen molar-refractivity contribution in [2.24, 2.45) is 0 Å². The lowest BCUT2D eigenvalue weighted by Crippen LogP contribution is -2.44. The third-order valence-electron chi connectivity index (χ3n) is 5.72. The largest absolute Gasteiger partial charge is 0.390 e. The molecule has 0 spiro atoms. The van der Waals surface area contributed by atoms with Crippen molar-refractivity contribution in [3.05, 3.63) is 54.4 Å². The highest BCUT2D eigenvalue weighted by molar-refractivity contribution is 5.73. The van der Waals surface area contributed by atoms with Crippen LogP contribution in [0.5, 0.6) is 0 Å².